The van der Waals surface area contributed by atoms with Gasteiger partial charge in [-0.25, -0.2) is 0 Å². The van der Waals surface area contributed by atoms with Crippen molar-refractivity contribution in [2.75, 3.05) is 11.9 Å². The number of hydrogen-bond donors (Lipinski definition) is 2. The smallest absolute Gasteiger partial charge is 0.103 e. The fraction of sp³-hybridized carbons (Fsp3) is 0.500. The monoisotopic (exact) mass is 265 g/mol. The van der Waals surface area contributed by atoms with Crippen molar-refractivity contribution in [1.29, 1.82) is 5.26 Å². The lowest BCUT2D eigenvalue weighted by atomic mass is 9.90. The van der Waals surface area contributed by atoms with Crippen LogP contribution < -0.4 is 11.1 Å². The van der Waals surface area contributed by atoms with E-state index in [1.54, 1.807) is 6.07 Å². The highest BCUT2D eigenvalue weighted by Crippen LogP contribution is 2.28. The predicted molar refractivity (Wildman–Crippen MR) is 76.7 cm³/mol. The van der Waals surface area contributed by atoms with Crippen LogP contribution in [0.15, 0.2) is 18.2 Å². The Hall–Kier alpha value is -1.24. The molecule has 0 radical (unpaired) electrons. The van der Waals surface area contributed by atoms with E-state index in [0.717, 1.165) is 12.1 Å². The van der Waals surface area contributed by atoms with Gasteiger partial charge in [-0.05, 0) is 31.4 Å². The van der Waals surface area contributed by atoms with E-state index in [-0.39, 0.29) is 5.54 Å². The molecule has 1 rings (SSSR count). The third-order valence-electron chi connectivity index (χ3n) is 2.87. The van der Waals surface area contributed by atoms with Gasteiger partial charge in [-0.2, -0.15) is 5.26 Å². The molecule has 0 aromatic heterocycles. The Balaban J connectivity index is 3.02. The van der Waals surface area contributed by atoms with Crippen molar-refractivity contribution >= 4 is 17.3 Å². The van der Waals surface area contributed by atoms with Gasteiger partial charge in [0.25, 0.3) is 0 Å². The summed E-state index contributed by atoms with van der Waals surface area (Å²) in [4.78, 5) is 0. The molecule has 18 heavy (non-hydrogen) atoms. The molecule has 1 unspecified atom stereocenters. The standard InChI is InChI=1S/C14H20ClN3/c1-10(2)7-14(3,9-17)18-13-6-4-5-12(15)11(13)8-16/h4-6,10,18H,7,9,17H2,1-3H3. The van der Waals surface area contributed by atoms with Gasteiger partial charge in [-0.3, -0.25) is 0 Å². The Morgan fingerprint density at radius 2 is 2.17 bits per heavy atom. The molecule has 0 saturated heterocycles. The van der Waals surface area contributed by atoms with E-state index in [9.17, 15) is 0 Å². The van der Waals surface area contributed by atoms with Crippen LogP contribution in [0.5, 0.6) is 0 Å². The maximum Gasteiger partial charge on any atom is 0.103 e. The summed E-state index contributed by atoms with van der Waals surface area (Å²) >= 11 is 6.01. The molecule has 0 saturated carbocycles. The summed E-state index contributed by atoms with van der Waals surface area (Å²) in [6, 6.07) is 7.54. The molecule has 0 aliphatic heterocycles. The number of halogens is 1. The van der Waals surface area contributed by atoms with Crippen molar-refractivity contribution in [1.82, 2.24) is 0 Å². The van der Waals surface area contributed by atoms with Gasteiger partial charge in [0.2, 0.25) is 0 Å². The topological polar surface area (TPSA) is 61.8 Å². The van der Waals surface area contributed by atoms with Crippen molar-refractivity contribution in [3.8, 4) is 6.07 Å². The lowest BCUT2D eigenvalue weighted by Gasteiger charge is -2.32. The van der Waals surface area contributed by atoms with Crippen LogP contribution >= 0.6 is 11.6 Å². The largest absolute Gasteiger partial charge is 0.377 e. The van der Waals surface area contributed by atoms with E-state index < -0.39 is 0 Å². The Morgan fingerprint density at radius 1 is 1.50 bits per heavy atom. The van der Waals surface area contributed by atoms with Crippen molar-refractivity contribution in [3.63, 3.8) is 0 Å². The molecule has 0 amide bonds. The lowest BCUT2D eigenvalue weighted by molar-refractivity contribution is 0.407. The van der Waals surface area contributed by atoms with E-state index in [0.29, 0.717) is 23.0 Å². The Kier molecular flexibility index (Phi) is 5.01. The van der Waals surface area contributed by atoms with Crippen LogP contribution in [0.25, 0.3) is 0 Å². The van der Waals surface area contributed by atoms with E-state index >= 15 is 0 Å². The van der Waals surface area contributed by atoms with Crippen LogP contribution in [0, 0.1) is 17.2 Å². The zero-order valence-electron chi connectivity index (χ0n) is 11.1. The Morgan fingerprint density at radius 3 is 2.67 bits per heavy atom. The number of benzene rings is 1. The third-order valence-corrected chi connectivity index (χ3v) is 3.19. The molecule has 0 spiro atoms. The van der Waals surface area contributed by atoms with Gasteiger partial charge < -0.3 is 11.1 Å². The first-order chi connectivity index (χ1) is 8.41. The molecular weight excluding hydrogens is 246 g/mol. The molecule has 3 nitrogen and oxygen atoms in total. The summed E-state index contributed by atoms with van der Waals surface area (Å²) in [6.07, 6.45) is 0.931. The van der Waals surface area contributed by atoms with E-state index in [1.807, 2.05) is 12.1 Å². The molecule has 1 aromatic carbocycles. The predicted octanol–water partition coefficient (Wildman–Crippen LogP) is 3.39. The van der Waals surface area contributed by atoms with E-state index in [2.05, 4.69) is 32.2 Å². The van der Waals surface area contributed by atoms with Crippen LogP contribution in [0.2, 0.25) is 5.02 Å². The second kappa shape index (κ2) is 6.08. The van der Waals surface area contributed by atoms with Crippen LogP contribution in [0.4, 0.5) is 5.69 Å². The first kappa shape index (κ1) is 14.8. The highest BCUT2D eigenvalue weighted by Gasteiger charge is 2.24. The van der Waals surface area contributed by atoms with Crippen molar-refractivity contribution in [2.24, 2.45) is 11.7 Å². The molecule has 1 atom stereocenters. The maximum absolute atomic E-state index is 9.14. The fourth-order valence-electron chi connectivity index (χ4n) is 2.15. The molecule has 4 heteroatoms. The first-order valence-electron chi connectivity index (χ1n) is 6.08. The summed E-state index contributed by atoms with van der Waals surface area (Å²) in [6.45, 7) is 6.87. The molecule has 0 aliphatic rings. The van der Waals surface area contributed by atoms with Crippen LogP contribution in [-0.2, 0) is 0 Å². The van der Waals surface area contributed by atoms with Gasteiger partial charge in [0.05, 0.1) is 16.3 Å². The van der Waals surface area contributed by atoms with Crippen LogP contribution in [0.3, 0.4) is 0 Å². The summed E-state index contributed by atoms with van der Waals surface area (Å²) in [5.74, 6) is 0.524. The molecular formula is C14H20ClN3. The second-order valence-corrected chi connectivity index (χ2v) is 5.67. The number of anilines is 1. The third kappa shape index (κ3) is 3.63. The van der Waals surface area contributed by atoms with Crippen molar-refractivity contribution in [3.05, 3.63) is 28.8 Å². The molecule has 98 valence electrons. The van der Waals surface area contributed by atoms with Crippen molar-refractivity contribution < 1.29 is 0 Å². The summed E-state index contributed by atoms with van der Waals surface area (Å²) in [5, 5.41) is 13.0. The zero-order valence-corrected chi connectivity index (χ0v) is 11.9. The number of nitrogens with two attached hydrogens (primary N) is 1. The van der Waals surface area contributed by atoms with Gasteiger partial charge in [0, 0.05) is 12.1 Å². The Labute approximate surface area is 114 Å². The second-order valence-electron chi connectivity index (χ2n) is 5.26. The normalized spacial score (nSPS) is 14.1. The minimum atomic E-state index is -0.232. The molecule has 0 bridgehead atoms. The van der Waals surface area contributed by atoms with Gasteiger partial charge >= 0.3 is 0 Å². The number of nitrogens with one attached hydrogen (secondary N) is 1. The van der Waals surface area contributed by atoms with Crippen LogP contribution in [0.1, 0.15) is 32.8 Å². The van der Waals surface area contributed by atoms with Crippen LogP contribution in [-0.4, -0.2) is 12.1 Å². The quantitative estimate of drug-likeness (QED) is 0.858. The zero-order chi connectivity index (χ0) is 13.8. The maximum atomic E-state index is 9.14. The van der Waals surface area contributed by atoms with E-state index in [4.69, 9.17) is 22.6 Å². The Bertz CT molecular complexity index is 451. The molecule has 1 aromatic rings. The molecule has 0 fully saturated rings. The lowest BCUT2D eigenvalue weighted by Crippen LogP contribution is -2.43. The minimum Gasteiger partial charge on any atom is -0.377 e. The highest BCUT2D eigenvalue weighted by molar-refractivity contribution is 6.32. The average Bonchev–Trinajstić information content (AvgIpc) is 2.28. The molecule has 0 aliphatic carbocycles. The fourth-order valence-corrected chi connectivity index (χ4v) is 2.37. The SMILES string of the molecule is CC(C)CC(C)(CN)Nc1cccc(Cl)c1C#N. The van der Waals surface area contributed by atoms with E-state index in [1.165, 1.54) is 0 Å². The number of rotatable bonds is 5. The average molecular weight is 266 g/mol. The first-order valence-corrected chi connectivity index (χ1v) is 6.46. The van der Waals surface area contributed by atoms with Gasteiger partial charge in [0.1, 0.15) is 6.07 Å². The highest BCUT2D eigenvalue weighted by atomic mass is 35.5. The minimum absolute atomic E-state index is 0.232. The van der Waals surface area contributed by atoms with Gasteiger partial charge in [-0.1, -0.05) is 31.5 Å². The number of nitrogens with zero attached hydrogens (tertiary/aromatic N) is 1. The molecule has 3 N–H and O–H groups in total. The summed E-state index contributed by atoms with van der Waals surface area (Å²) < 4.78 is 0. The number of hydrogen-bond acceptors (Lipinski definition) is 3. The number of nitriles is 1. The summed E-state index contributed by atoms with van der Waals surface area (Å²) in [5.41, 5.74) is 6.85. The molecule has 0 heterocycles. The van der Waals surface area contributed by atoms with Gasteiger partial charge in [-0.15, -0.1) is 0 Å². The summed E-state index contributed by atoms with van der Waals surface area (Å²) in [7, 11) is 0. The van der Waals surface area contributed by atoms with Crippen molar-refractivity contribution in [2.45, 2.75) is 32.7 Å². The van der Waals surface area contributed by atoms with Gasteiger partial charge in [0.15, 0.2) is 0 Å².